The fraction of sp³-hybridized carbons (Fsp3) is 0.0870. The van der Waals surface area contributed by atoms with Crippen LogP contribution in [0.25, 0.3) is 27.2 Å². The van der Waals surface area contributed by atoms with Crippen LogP contribution in [0.4, 0.5) is 4.39 Å². The number of aryl methyl sites for hydroxylation is 1. The first-order valence-electron chi connectivity index (χ1n) is 9.11. The zero-order chi connectivity index (χ0) is 20.1. The Balaban J connectivity index is 1.42. The van der Waals surface area contributed by atoms with Crippen molar-refractivity contribution in [2.24, 2.45) is 0 Å². The lowest BCUT2D eigenvalue weighted by molar-refractivity contribution is 0.628. The molecule has 0 aliphatic carbocycles. The zero-order valence-corrected chi connectivity index (χ0v) is 17.4. The van der Waals surface area contributed by atoms with Crippen molar-refractivity contribution in [3.05, 3.63) is 89.9 Å². The smallest absolute Gasteiger partial charge is 0.124 e. The van der Waals surface area contributed by atoms with Gasteiger partial charge < -0.3 is 0 Å². The van der Waals surface area contributed by atoms with E-state index in [4.69, 9.17) is 0 Å². The predicted octanol–water partition coefficient (Wildman–Crippen LogP) is 6.52. The molecule has 0 aliphatic heterocycles. The molecule has 4 rings (SSSR count). The van der Waals surface area contributed by atoms with Gasteiger partial charge in [-0.1, -0.05) is 42.5 Å². The van der Waals surface area contributed by atoms with Gasteiger partial charge in [0.15, 0.2) is 0 Å². The summed E-state index contributed by atoms with van der Waals surface area (Å²) < 4.78 is 13.1. The summed E-state index contributed by atoms with van der Waals surface area (Å²) in [5, 5.41) is 10.5. The van der Waals surface area contributed by atoms with E-state index in [0.717, 1.165) is 37.6 Å². The summed E-state index contributed by atoms with van der Waals surface area (Å²) in [6.07, 6.45) is 4.23. The van der Waals surface area contributed by atoms with E-state index in [0.29, 0.717) is 0 Å². The normalized spacial score (nSPS) is 11.2. The summed E-state index contributed by atoms with van der Waals surface area (Å²) in [6.45, 7) is 1.96. The van der Waals surface area contributed by atoms with E-state index in [2.05, 4.69) is 39.5 Å². The van der Waals surface area contributed by atoms with Crippen molar-refractivity contribution in [3.8, 4) is 21.1 Å². The third-order valence-electron chi connectivity index (χ3n) is 4.20. The van der Waals surface area contributed by atoms with Gasteiger partial charge in [0.25, 0.3) is 0 Å². The molecule has 0 atom stereocenters. The van der Waals surface area contributed by atoms with Crippen LogP contribution in [0.3, 0.4) is 0 Å². The van der Waals surface area contributed by atoms with E-state index in [1.165, 1.54) is 17.7 Å². The van der Waals surface area contributed by atoms with Crippen LogP contribution in [0.15, 0.2) is 77.8 Å². The Morgan fingerprint density at radius 3 is 2.48 bits per heavy atom. The van der Waals surface area contributed by atoms with Crippen LogP contribution in [0.2, 0.25) is 0 Å². The van der Waals surface area contributed by atoms with Gasteiger partial charge >= 0.3 is 0 Å². The van der Waals surface area contributed by atoms with E-state index >= 15 is 0 Å². The fourth-order valence-corrected chi connectivity index (χ4v) is 4.41. The molecule has 2 aromatic carbocycles. The molecule has 6 heteroatoms. The van der Waals surface area contributed by atoms with Gasteiger partial charge in [-0.2, -0.15) is 0 Å². The van der Waals surface area contributed by atoms with Crippen molar-refractivity contribution in [3.63, 3.8) is 0 Å². The number of hydrogen-bond acceptors (Lipinski definition) is 5. The maximum Gasteiger partial charge on any atom is 0.124 e. The molecule has 0 radical (unpaired) electrons. The Kier molecular flexibility index (Phi) is 6.12. The second-order valence-corrected chi connectivity index (χ2v) is 8.36. The first kappa shape index (κ1) is 19.5. The van der Waals surface area contributed by atoms with Gasteiger partial charge in [-0.25, -0.2) is 9.37 Å². The highest BCUT2D eigenvalue weighted by Crippen LogP contribution is 2.34. The molecule has 0 bridgehead atoms. The topological polar surface area (TPSA) is 38.7 Å². The second kappa shape index (κ2) is 9.11. The summed E-state index contributed by atoms with van der Waals surface area (Å²) in [5.41, 5.74) is 3.79. The molecular formula is C23H18FN3S2. The highest BCUT2D eigenvalue weighted by molar-refractivity contribution is 7.99. The number of benzene rings is 2. The zero-order valence-electron chi connectivity index (χ0n) is 15.7. The molecule has 4 aromatic rings. The van der Waals surface area contributed by atoms with Gasteiger partial charge in [-0.3, -0.25) is 0 Å². The van der Waals surface area contributed by atoms with Gasteiger partial charge in [0, 0.05) is 11.3 Å². The Morgan fingerprint density at radius 2 is 1.76 bits per heavy atom. The quantitative estimate of drug-likeness (QED) is 0.334. The monoisotopic (exact) mass is 419 g/mol. The number of aromatic nitrogens is 3. The lowest BCUT2D eigenvalue weighted by Crippen LogP contribution is -1.89. The van der Waals surface area contributed by atoms with Gasteiger partial charge in [0.2, 0.25) is 0 Å². The first-order chi connectivity index (χ1) is 14.2. The molecule has 0 saturated carbocycles. The SMILES string of the molecule is Cc1nc(-c2ccc(F)cc2)sc1-c1ccc(SC/C=C/c2ccccc2)nn1. The molecule has 2 heterocycles. The standard InChI is InChI=1S/C23H18FN3S2/c1-16-22(29-23(25-16)18-9-11-19(24)12-10-18)20-13-14-21(27-26-20)28-15-5-8-17-6-3-2-4-7-17/h2-14H,15H2,1H3/b8-5+. The summed E-state index contributed by atoms with van der Waals surface area (Å²) in [7, 11) is 0. The lowest BCUT2D eigenvalue weighted by Gasteiger charge is -2.00. The van der Waals surface area contributed by atoms with Crippen LogP contribution in [0, 0.1) is 12.7 Å². The van der Waals surface area contributed by atoms with Crippen molar-refractivity contribution < 1.29 is 4.39 Å². The highest BCUT2D eigenvalue weighted by atomic mass is 32.2. The minimum Gasteiger partial charge on any atom is -0.241 e. The Hall–Kier alpha value is -2.83. The molecule has 144 valence electrons. The summed E-state index contributed by atoms with van der Waals surface area (Å²) in [4.78, 5) is 5.60. The second-order valence-electron chi connectivity index (χ2n) is 6.32. The van der Waals surface area contributed by atoms with Crippen molar-refractivity contribution in [2.45, 2.75) is 11.9 Å². The van der Waals surface area contributed by atoms with E-state index in [9.17, 15) is 4.39 Å². The van der Waals surface area contributed by atoms with Gasteiger partial charge in [0.05, 0.1) is 10.6 Å². The number of thioether (sulfide) groups is 1. The van der Waals surface area contributed by atoms with Crippen LogP contribution >= 0.6 is 23.1 Å². The van der Waals surface area contributed by atoms with Crippen LogP contribution in [-0.2, 0) is 0 Å². The van der Waals surface area contributed by atoms with Crippen molar-refractivity contribution in [2.75, 3.05) is 5.75 Å². The number of rotatable bonds is 6. The van der Waals surface area contributed by atoms with Gasteiger partial charge in [-0.05, 0) is 48.9 Å². The molecular weight excluding hydrogens is 401 g/mol. The fourth-order valence-electron chi connectivity index (χ4n) is 2.75. The average Bonchev–Trinajstić information content (AvgIpc) is 3.14. The summed E-state index contributed by atoms with van der Waals surface area (Å²) >= 11 is 3.19. The maximum absolute atomic E-state index is 13.1. The van der Waals surface area contributed by atoms with E-state index in [1.54, 1.807) is 35.2 Å². The van der Waals surface area contributed by atoms with Crippen molar-refractivity contribution in [1.29, 1.82) is 0 Å². The van der Waals surface area contributed by atoms with Crippen LogP contribution in [0.1, 0.15) is 11.3 Å². The Labute approximate surface area is 177 Å². The van der Waals surface area contributed by atoms with Crippen LogP contribution in [0.5, 0.6) is 0 Å². The molecule has 0 saturated heterocycles. The Morgan fingerprint density at radius 1 is 0.966 bits per heavy atom. The number of hydrogen-bond donors (Lipinski definition) is 0. The van der Waals surface area contributed by atoms with Crippen LogP contribution < -0.4 is 0 Å². The minimum atomic E-state index is -0.250. The molecule has 0 unspecified atom stereocenters. The van der Waals surface area contributed by atoms with Gasteiger partial charge in [-0.15, -0.1) is 33.3 Å². The number of thiazole rings is 1. The molecule has 3 nitrogen and oxygen atoms in total. The minimum absolute atomic E-state index is 0.250. The number of halogens is 1. The summed E-state index contributed by atoms with van der Waals surface area (Å²) in [5.74, 6) is 0.580. The maximum atomic E-state index is 13.1. The third-order valence-corrected chi connectivity index (χ3v) is 6.30. The molecule has 0 amide bonds. The van der Waals surface area contributed by atoms with Crippen molar-refractivity contribution >= 4 is 29.2 Å². The lowest BCUT2D eigenvalue weighted by atomic mass is 10.2. The highest BCUT2D eigenvalue weighted by Gasteiger charge is 2.13. The Bertz CT molecular complexity index is 1110. The van der Waals surface area contributed by atoms with Crippen LogP contribution in [-0.4, -0.2) is 20.9 Å². The van der Waals surface area contributed by atoms with Crippen molar-refractivity contribution in [1.82, 2.24) is 15.2 Å². The van der Waals surface area contributed by atoms with E-state index in [1.807, 2.05) is 37.3 Å². The average molecular weight is 420 g/mol. The molecule has 0 N–H and O–H groups in total. The summed E-state index contributed by atoms with van der Waals surface area (Å²) in [6, 6.07) is 20.6. The molecule has 2 aromatic heterocycles. The van der Waals surface area contributed by atoms with E-state index in [-0.39, 0.29) is 5.82 Å². The van der Waals surface area contributed by atoms with Gasteiger partial charge in [0.1, 0.15) is 21.5 Å². The molecule has 0 spiro atoms. The predicted molar refractivity (Wildman–Crippen MR) is 119 cm³/mol. The molecule has 0 fully saturated rings. The third kappa shape index (κ3) is 4.96. The van der Waals surface area contributed by atoms with E-state index < -0.39 is 0 Å². The molecule has 0 aliphatic rings. The molecule has 29 heavy (non-hydrogen) atoms. The largest absolute Gasteiger partial charge is 0.241 e. The first-order valence-corrected chi connectivity index (χ1v) is 10.9. The number of nitrogens with zero attached hydrogens (tertiary/aromatic N) is 3.